The van der Waals surface area contributed by atoms with Gasteiger partial charge in [-0.25, -0.2) is 0 Å². The number of hydrogen-bond donors (Lipinski definition) is 0. The van der Waals surface area contributed by atoms with Crippen LogP contribution in [-0.2, 0) is 20.3 Å². The molecule has 0 aliphatic rings. The minimum atomic E-state index is -0.895. The predicted octanol–water partition coefficient (Wildman–Crippen LogP) is 1.30. The first-order valence-electron chi connectivity index (χ1n) is 4.62. The fourth-order valence-corrected chi connectivity index (χ4v) is 3.29. The first kappa shape index (κ1) is 14.0. The van der Waals surface area contributed by atoms with Crippen LogP contribution in [0, 0.1) is 5.92 Å². The fraction of sp³-hybridized carbons (Fsp3) is 0.889. The molecule has 84 valence electrons. The van der Waals surface area contributed by atoms with Gasteiger partial charge in [0.15, 0.2) is 0 Å². The molecule has 0 spiro atoms. The molecular formula is C9H18O3S2. The molecule has 2 atom stereocenters. The van der Waals surface area contributed by atoms with E-state index < -0.39 is 10.8 Å². The number of hydrogen-bond acceptors (Lipinski definition) is 4. The van der Waals surface area contributed by atoms with Crippen LogP contribution >= 0.6 is 11.8 Å². The third-order valence-electron chi connectivity index (χ3n) is 1.70. The number of rotatable bonds is 7. The maximum Gasteiger partial charge on any atom is 0.309 e. The average Bonchev–Trinajstić information content (AvgIpc) is 2.16. The number of methoxy groups -OCH3 is 1. The highest BCUT2D eigenvalue weighted by molar-refractivity contribution is 8.00. The van der Waals surface area contributed by atoms with Crippen LogP contribution in [0.3, 0.4) is 0 Å². The Bertz CT molecular complexity index is 194. The predicted molar refractivity (Wildman–Crippen MR) is 62.1 cm³/mol. The Labute approximate surface area is 92.4 Å². The third kappa shape index (κ3) is 6.43. The van der Waals surface area contributed by atoms with Crippen molar-refractivity contribution in [2.75, 3.05) is 30.1 Å². The van der Waals surface area contributed by atoms with E-state index in [-0.39, 0.29) is 11.9 Å². The van der Waals surface area contributed by atoms with E-state index in [0.29, 0.717) is 11.5 Å². The molecule has 0 bridgehead atoms. The lowest BCUT2D eigenvalue weighted by molar-refractivity contribution is -0.144. The highest BCUT2D eigenvalue weighted by atomic mass is 32.2. The van der Waals surface area contributed by atoms with E-state index in [4.69, 9.17) is 0 Å². The Balaban J connectivity index is 3.65. The van der Waals surface area contributed by atoms with Gasteiger partial charge in [-0.05, 0) is 5.75 Å². The Morgan fingerprint density at radius 2 is 2.21 bits per heavy atom. The van der Waals surface area contributed by atoms with Gasteiger partial charge in [0.2, 0.25) is 0 Å². The van der Waals surface area contributed by atoms with Crippen LogP contribution in [0.2, 0.25) is 0 Å². The molecule has 0 N–H and O–H groups in total. The zero-order valence-electron chi connectivity index (χ0n) is 8.95. The minimum Gasteiger partial charge on any atom is -0.469 e. The van der Waals surface area contributed by atoms with Crippen molar-refractivity contribution >= 4 is 28.5 Å². The van der Waals surface area contributed by atoms with Gasteiger partial charge in [0.05, 0.1) is 13.0 Å². The number of carbonyl (C=O) groups excluding carboxylic acids is 1. The van der Waals surface area contributed by atoms with E-state index in [1.54, 1.807) is 18.7 Å². The Kier molecular flexibility index (Phi) is 8.27. The van der Waals surface area contributed by atoms with Crippen LogP contribution < -0.4 is 0 Å². The molecular weight excluding hydrogens is 220 g/mol. The number of esters is 1. The molecule has 0 aromatic heterocycles. The Morgan fingerprint density at radius 3 is 2.71 bits per heavy atom. The summed E-state index contributed by atoms with van der Waals surface area (Å²) in [7, 11) is 0.460. The topological polar surface area (TPSA) is 43.4 Å². The molecule has 0 aromatic carbocycles. The van der Waals surface area contributed by atoms with Crippen molar-refractivity contribution in [2.45, 2.75) is 13.8 Å². The van der Waals surface area contributed by atoms with Crippen molar-refractivity contribution in [2.24, 2.45) is 5.92 Å². The zero-order valence-corrected chi connectivity index (χ0v) is 10.6. The molecule has 0 aliphatic carbocycles. The summed E-state index contributed by atoms with van der Waals surface area (Å²) < 4.78 is 16.0. The van der Waals surface area contributed by atoms with Crippen LogP contribution in [0.25, 0.3) is 0 Å². The number of thioether (sulfide) groups is 1. The van der Waals surface area contributed by atoms with E-state index in [2.05, 4.69) is 11.7 Å². The Morgan fingerprint density at radius 1 is 1.57 bits per heavy atom. The van der Waals surface area contributed by atoms with E-state index in [9.17, 15) is 9.00 Å². The first-order valence-corrected chi connectivity index (χ1v) is 7.26. The molecule has 0 heterocycles. The number of ether oxygens (including phenoxy) is 1. The molecule has 2 unspecified atom stereocenters. The van der Waals surface area contributed by atoms with Gasteiger partial charge in [0.1, 0.15) is 0 Å². The lowest BCUT2D eigenvalue weighted by Gasteiger charge is -2.08. The van der Waals surface area contributed by atoms with E-state index in [0.717, 1.165) is 11.5 Å². The van der Waals surface area contributed by atoms with Gasteiger partial charge in [-0.15, -0.1) is 0 Å². The molecule has 0 rings (SSSR count). The molecule has 5 heteroatoms. The van der Waals surface area contributed by atoms with E-state index in [1.165, 1.54) is 7.11 Å². The number of carbonyl (C=O) groups is 1. The second-order valence-corrected chi connectivity index (χ2v) is 5.95. The monoisotopic (exact) mass is 238 g/mol. The second kappa shape index (κ2) is 8.29. The van der Waals surface area contributed by atoms with Crippen LogP contribution in [0.5, 0.6) is 0 Å². The van der Waals surface area contributed by atoms with Gasteiger partial charge in [0, 0.05) is 28.1 Å². The normalized spacial score (nSPS) is 14.8. The molecule has 0 aromatic rings. The molecule has 0 aliphatic heterocycles. The van der Waals surface area contributed by atoms with E-state index >= 15 is 0 Å². The highest BCUT2D eigenvalue weighted by Gasteiger charge is 2.15. The molecule has 0 saturated heterocycles. The van der Waals surface area contributed by atoms with Crippen LogP contribution in [0.15, 0.2) is 0 Å². The summed E-state index contributed by atoms with van der Waals surface area (Å²) in [4.78, 5) is 11.0. The van der Waals surface area contributed by atoms with Crippen molar-refractivity contribution in [1.29, 1.82) is 0 Å². The molecule has 0 radical (unpaired) electrons. The smallest absolute Gasteiger partial charge is 0.309 e. The van der Waals surface area contributed by atoms with Crippen LogP contribution in [-0.4, -0.2) is 40.3 Å². The standard InChI is InChI=1S/C9H18O3S2/c1-4-13-5-6-14(11)7-8(2)9(10)12-3/h8H,4-7H2,1-3H3. The Hall–Kier alpha value is -0.0300. The van der Waals surface area contributed by atoms with Crippen molar-refractivity contribution in [1.82, 2.24) is 0 Å². The van der Waals surface area contributed by atoms with Gasteiger partial charge in [-0.3, -0.25) is 9.00 Å². The summed E-state index contributed by atoms with van der Waals surface area (Å²) in [6.45, 7) is 3.82. The van der Waals surface area contributed by atoms with Crippen molar-refractivity contribution in [3.8, 4) is 0 Å². The van der Waals surface area contributed by atoms with Gasteiger partial charge in [-0.2, -0.15) is 11.8 Å². The van der Waals surface area contributed by atoms with Crippen LogP contribution in [0.1, 0.15) is 13.8 Å². The first-order chi connectivity index (χ1) is 6.61. The molecule has 0 fully saturated rings. The summed E-state index contributed by atoms with van der Waals surface area (Å²) in [6.07, 6.45) is 0. The molecule has 14 heavy (non-hydrogen) atoms. The quantitative estimate of drug-likeness (QED) is 0.495. The lowest BCUT2D eigenvalue weighted by Crippen LogP contribution is -2.21. The maximum atomic E-state index is 11.4. The van der Waals surface area contributed by atoms with Gasteiger partial charge >= 0.3 is 5.97 Å². The fourth-order valence-electron chi connectivity index (χ4n) is 0.928. The zero-order chi connectivity index (χ0) is 11.0. The summed E-state index contributed by atoms with van der Waals surface area (Å²) in [5.74, 6) is 2.49. The summed E-state index contributed by atoms with van der Waals surface area (Å²) >= 11 is 1.77. The largest absolute Gasteiger partial charge is 0.469 e. The maximum absolute atomic E-state index is 11.4. The van der Waals surface area contributed by atoms with Crippen molar-refractivity contribution < 1.29 is 13.7 Å². The second-order valence-electron chi connectivity index (χ2n) is 2.93. The highest BCUT2D eigenvalue weighted by Crippen LogP contribution is 2.04. The average molecular weight is 238 g/mol. The lowest BCUT2D eigenvalue weighted by atomic mass is 10.2. The summed E-state index contributed by atoms with van der Waals surface area (Å²) in [5.41, 5.74) is 0. The minimum absolute atomic E-state index is 0.257. The molecule has 0 amide bonds. The molecule has 3 nitrogen and oxygen atoms in total. The third-order valence-corrected chi connectivity index (χ3v) is 4.39. The van der Waals surface area contributed by atoms with Crippen molar-refractivity contribution in [3.63, 3.8) is 0 Å². The van der Waals surface area contributed by atoms with Gasteiger partial charge < -0.3 is 4.74 Å². The molecule has 0 saturated carbocycles. The van der Waals surface area contributed by atoms with Crippen molar-refractivity contribution in [3.05, 3.63) is 0 Å². The van der Waals surface area contributed by atoms with Gasteiger partial charge in [-0.1, -0.05) is 13.8 Å². The van der Waals surface area contributed by atoms with E-state index in [1.807, 2.05) is 0 Å². The summed E-state index contributed by atoms with van der Waals surface area (Å²) in [5, 5.41) is 0. The summed E-state index contributed by atoms with van der Waals surface area (Å²) in [6, 6.07) is 0. The van der Waals surface area contributed by atoms with Crippen LogP contribution in [0.4, 0.5) is 0 Å². The van der Waals surface area contributed by atoms with Gasteiger partial charge in [0.25, 0.3) is 0 Å². The SMILES string of the molecule is CCSCCS(=O)CC(C)C(=O)OC.